The summed E-state index contributed by atoms with van der Waals surface area (Å²) in [6.07, 6.45) is 1.23. The van der Waals surface area contributed by atoms with E-state index in [2.05, 4.69) is 19.2 Å². The lowest BCUT2D eigenvalue weighted by Crippen LogP contribution is -2.42. The van der Waals surface area contributed by atoms with Crippen molar-refractivity contribution in [1.82, 2.24) is 5.32 Å². The van der Waals surface area contributed by atoms with E-state index >= 15 is 0 Å². The third-order valence-electron chi connectivity index (χ3n) is 2.18. The standard InChI is InChI=1S/C8H17NO/c1-8(2,9-3)4-7-5-10-6-7/h7,9H,4-6H2,1-3H3. The topological polar surface area (TPSA) is 21.3 Å². The van der Waals surface area contributed by atoms with Crippen LogP contribution in [0.25, 0.3) is 0 Å². The molecule has 0 aromatic carbocycles. The largest absolute Gasteiger partial charge is 0.381 e. The lowest BCUT2D eigenvalue weighted by molar-refractivity contribution is -0.0448. The van der Waals surface area contributed by atoms with Gasteiger partial charge >= 0.3 is 0 Å². The molecule has 1 rings (SSSR count). The highest BCUT2D eigenvalue weighted by Crippen LogP contribution is 2.21. The molecule has 0 radical (unpaired) electrons. The fraction of sp³-hybridized carbons (Fsp3) is 1.00. The Bertz CT molecular complexity index is 108. The van der Waals surface area contributed by atoms with Crippen molar-refractivity contribution in [1.29, 1.82) is 0 Å². The second-order valence-electron chi connectivity index (χ2n) is 3.74. The van der Waals surface area contributed by atoms with Gasteiger partial charge in [-0.2, -0.15) is 0 Å². The SMILES string of the molecule is CNC(C)(C)CC1COC1. The second kappa shape index (κ2) is 2.89. The first-order chi connectivity index (χ1) is 4.64. The van der Waals surface area contributed by atoms with Gasteiger partial charge in [0.05, 0.1) is 13.2 Å². The summed E-state index contributed by atoms with van der Waals surface area (Å²) in [5, 5.41) is 3.28. The highest BCUT2D eigenvalue weighted by molar-refractivity contribution is 4.81. The molecule has 1 aliphatic rings. The Kier molecular flexibility index (Phi) is 2.32. The van der Waals surface area contributed by atoms with Gasteiger partial charge in [0.25, 0.3) is 0 Å². The summed E-state index contributed by atoms with van der Waals surface area (Å²) in [5.74, 6) is 0.794. The molecule has 0 aliphatic carbocycles. The molecule has 1 fully saturated rings. The summed E-state index contributed by atoms with van der Waals surface area (Å²) in [7, 11) is 2.01. The summed E-state index contributed by atoms with van der Waals surface area (Å²) in [5.41, 5.74) is 0.286. The Morgan fingerprint density at radius 2 is 2.10 bits per heavy atom. The van der Waals surface area contributed by atoms with Crippen LogP contribution in [-0.4, -0.2) is 25.8 Å². The predicted molar refractivity (Wildman–Crippen MR) is 42.1 cm³/mol. The lowest BCUT2D eigenvalue weighted by atomic mass is 9.90. The van der Waals surface area contributed by atoms with Crippen LogP contribution in [0.1, 0.15) is 20.3 Å². The lowest BCUT2D eigenvalue weighted by Gasteiger charge is -2.34. The van der Waals surface area contributed by atoms with Gasteiger partial charge in [0.1, 0.15) is 0 Å². The van der Waals surface area contributed by atoms with Crippen molar-refractivity contribution < 1.29 is 4.74 Å². The molecule has 2 heteroatoms. The number of rotatable bonds is 3. The summed E-state index contributed by atoms with van der Waals surface area (Å²) < 4.78 is 5.10. The van der Waals surface area contributed by atoms with Crippen LogP contribution in [0.15, 0.2) is 0 Å². The molecule has 0 aromatic rings. The van der Waals surface area contributed by atoms with Crippen molar-refractivity contribution in [3.63, 3.8) is 0 Å². The van der Waals surface area contributed by atoms with Gasteiger partial charge in [0.15, 0.2) is 0 Å². The molecule has 2 nitrogen and oxygen atoms in total. The van der Waals surface area contributed by atoms with Crippen LogP contribution in [0.3, 0.4) is 0 Å². The minimum Gasteiger partial charge on any atom is -0.381 e. The van der Waals surface area contributed by atoms with Gasteiger partial charge in [0, 0.05) is 11.5 Å². The minimum atomic E-state index is 0.286. The Labute approximate surface area is 63.0 Å². The summed E-state index contributed by atoms with van der Waals surface area (Å²) in [6, 6.07) is 0. The van der Waals surface area contributed by atoms with Crippen molar-refractivity contribution >= 4 is 0 Å². The Hall–Kier alpha value is -0.0800. The average Bonchev–Trinajstić information content (AvgIpc) is 1.80. The molecule has 0 amide bonds. The predicted octanol–water partition coefficient (Wildman–Crippen LogP) is 1.02. The van der Waals surface area contributed by atoms with Crippen molar-refractivity contribution in [3.05, 3.63) is 0 Å². The first kappa shape index (κ1) is 8.02. The number of hydrogen-bond donors (Lipinski definition) is 1. The van der Waals surface area contributed by atoms with E-state index in [1.54, 1.807) is 0 Å². The molecule has 10 heavy (non-hydrogen) atoms. The van der Waals surface area contributed by atoms with Crippen molar-refractivity contribution in [2.24, 2.45) is 5.92 Å². The highest BCUT2D eigenvalue weighted by atomic mass is 16.5. The molecule has 0 unspecified atom stereocenters. The van der Waals surface area contributed by atoms with Crippen molar-refractivity contribution in [2.45, 2.75) is 25.8 Å². The molecule has 1 heterocycles. The highest BCUT2D eigenvalue weighted by Gasteiger charge is 2.26. The first-order valence-corrected chi connectivity index (χ1v) is 3.91. The zero-order valence-electron chi connectivity index (χ0n) is 7.11. The van der Waals surface area contributed by atoms with Gasteiger partial charge in [-0.1, -0.05) is 0 Å². The van der Waals surface area contributed by atoms with Crippen LogP contribution in [0.4, 0.5) is 0 Å². The van der Waals surface area contributed by atoms with E-state index in [1.165, 1.54) is 6.42 Å². The van der Waals surface area contributed by atoms with Gasteiger partial charge < -0.3 is 10.1 Å². The van der Waals surface area contributed by atoms with Gasteiger partial charge in [-0.05, 0) is 27.3 Å². The minimum absolute atomic E-state index is 0.286. The van der Waals surface area contributed by atoms with E-state index in [-0.39, 0.29) is 5.54 Å². The molecular formula is C8H17NO. The van der Waals surface area contributed by atoms with Crippen LogP contribution < -0.4 is 5.32 Å². The fourth-order valence-electron chi connectivity index (χ4n) is 1.23. The molecule has 1 aliphatic heterocycles. The first-order valence-electron chi connectivity index (χ1n) is 3.91. The van der Waals surface area contributed by atoms with Crippen LogP contribution >= 0.6 is 0 Å². The molecule has 0 saturated carbocycles. The van der Waals surface area contributed by atoms with Crippen LogP contribution in [0, 0.1) is 5.92 Å². The quantitative estimate of drug-likeness (QED) is 0.637. The number of hydrogen-bond acceptors (Lipinski definition) is 2. The van der Waals surface area contributed by atoms with Crippen molar-refractivity contribution in [3.8, 4) is 0 Å². The third kappa shape index (κ3) is 1.96. The van der Waals surface area contributed by atoms with Gasteiger partial charge in [-0.15, -0.1) is 0 Å². The summed E-state index contributed by atoms with van der Waals surface area (Å²) in [6.45, 7) is 6.38. The zero-order valence-corrected chi connectivity index (χ0v) is 7.11. The Morgan fingerprint density at radius 3 is 2.40 bits per heavy atom. The average molecular weight is 143 g/mol. The van der Waals surface area contributed by atoms with Gasteiger partial charge in [-0.3, -0.25) is 0 Å². The van der Waals surface area contributed by atoms with E-state index in [0.29, 0.717) is 0 Å². The van der Waals surface area contributed by atoms with Crippen LogP contribution in [0.2, 0.25) is 0 Å². The number of nitrogens with one attached hydrogen (secondary N) is 1. The molecule has 0 aromatic heterocycles. The van der Waals surface area contributed by atoms with Gasteiger partial charge in [-0.25, -0.2) is 0 Å². The van der Waals surface area contributed by atoms with E-state index in [9.17, 15) is 0 Å². The van der Waals surface area contributed by atoms with E-state index < -0.39 is 0 Å². The fourth-order valence-corrected chi connectivity index (χ4v) is 1.23. The molecule has 0 atom stereocenters. The molecule has 60 valence electrons. The molecule has 1 saturated heterocycles. The summed E-state index contributed by atoms with van der Waals surface area (Å²) in [4.78, 5) is 0. The monoisotopic (exact) mass is 143 g/mol. The molecule has 1 N–H and O–H groups in total. The number of ether oxygens (including phenoxy) is 1. The Balaban J connectivity index is 2.21. The maximum Gasteiger partial charge on any atom is 0.0517 e. The van der Waals surface area contributed by atoms with E-state index in [1.807, 2.05) is 7.05 Å². The zero-order chi connectivity index (χ0) is 7.61. The van der Waals surface area contributed by atoms with E-state index in [0.717, 1.165) is 19.1 Å². The van der Waals surface area contributed by atoms with Crippen LogP contribution in [-0.2, 0) is 4.74 Å². The third-order valence-corrected chi connectivity index (χ3v) is 2.18. The van der Waals surface area contributed by atoms with E-state index in [4.69, 9.17) is 4.74 Å². The van der Waals surface area contributed by atoms with Crippen molar-refractivity contribution in [2.75, 3.05) is 20.3 Å². The molecular weight excluding hydrogens is 126 g/mol. The normalized spacial score (nSPS) is 20.7. The second-order valence-corrected chi connectivity index (χ2v) is 3.74. The maximum atomic E-state index is 5.10. The Morgan fingerprint density at radius 1 is 1.50 bits per heavy atom. The summed E-state index contributed by atoms with van der Waals surface area (Å²) >= 11 is 0. The van der Waals surface area contributed by atoms with Gasteiger partial charge in [0.2, 0.25) is 0 Å². The molecule has 0 spiro atoms. The van der Waals surface area contributed by atoms with Crippen LogP contribution in [0.5, 0.6) is 0 Å². The maximum absolute atomic E-state index is 5.10. The smallest absolute Gasteiger partial charge is 0.0517 e. The molecule has 0 bridgehead atoms.